The number of nitrogens with two attached hydrogens (primary N) is 1. The fourth-order valence-corrected chi connectivity index (χ4v) is 4.19. The van der Waals surface area contributed by atoms with Gasteiger partial charge < -0.3 is 15.2 Å². The zero-order valence-corrected chi connectivity index (χ0v) is 14.7. The summed E-state index contributed by atoms with van der Waals surface area (Å²) in [5, 5.41) is 1.53. The first-order valence-corrected chi connectivity index (χ1v) is 9.16. The fraction of sp³-hybridized carbons (Fsp3) is 0.333. The van der Waals surface area contributed by atoms with Crippen LogP contribution in [0.5, 0.6) is 0 Å². The molecule has 3 rings (SSSR count). The van der Waals surface area contributed by atoms with Crippen LogP contribution < -0.4 is 16.0 Å². The third-order valence-electron chi connectivity index (χ3n) is 4.09. The first kappa shape index (κ1) is 17.4. The number of benzene rings is 1. The molecule has 0 saturated heterocycles. The van der Waals surface area contributed by atoms with Crippen LogP contribution in [-0.4, -0.2) is 54.4 Å². The Morgan fingerprint density at radius 1 is 1.32 bits per heavy atom. The SMILES string of the molecule is CN(C)S(=O)(=O)C(Cc1ccccc1)N1c2nc[nH]c2C(=O)NC1N. The van der Waals surface area contributed by atoms with Gasteiger partial charge in [0, 0.05) is 20.5 Å². The summed E-state index contributed by atoms with van der Waals surface area (Å²) in [5.41, 5.74) is 7.07. The van der Waals surface area contributed by atoms with E-state index >= 15 is 0 Å². The summed E-state index contributed by atoms with van der Waals surface area (Å²) in [6.45, 7) is 0. The Morgan fingerprint density at radius 3 is 2.64 bits per heavy atom. The largest absolute Gasteiger partial charge is 0.339 e. The molecular weight excluding hydrogens is 344 g/mol. The maximum atomic E-state index is 13.0. The van der Waals surface area contributed by atoms with Gasteiger partial charge in [-0.3, -0.25) is 10.5 Å². The molecule has 2 aromatic rings. The Morgan fingerprint density at radius 2 is 2.00 bits per heavy atom. The van der Waals surface area contributed by atoms with Crippen LogP contribution in [0.2, 0.25) is 0 Å². The van der Waals surface area contributed by atoms with Crippen LogP contribution >= 0.6 is 0 Å². The quantitative estimate of drug-likeness (QED) is 0.667. The molecule has 0 radical (unpaired) electrons. The molecule has 0 bridgehead atoms. The minimum atomic E-state index is -3.73. The van der Waals surface area contributed by atoms with E-state index < -0.39 is 27.6 Å². The van der Waals surface area contributed by atoms with Crippen LogP contribution in [0, 0.1) is 0 Å². The van der Waals surface area contributed by atoms with E-state index in [1.54, 1.807) is 0 Å². The van der Waals surface area contributed by atoms with Gasteiger partial charge in [0.05, 0.1) is 6.33 Å². The predicted octanol–water partition coefficient (Wildman–Crippen LogP) is -0.338. The van der Waals surface area contributed by atoms with E-state index in [4.69, 9.17) is 5.73 Å². The van der Waals surface area contributed by atoms with E-state index in [0.717, 1.165) is 9.87 Å². The van der Waals surface area contributed by atoms with Crippen molar-refractivity contribution in [2.24, 2.45) is 5.73 Å². The lowest BCUT2D eigenvalue weighted by molar-refractivity contribution is 0.0922. The number of H-pyrrole nitrogens is 1. The van der Waals surface area contributed by atoms with Crippen LogP contribution in [0.25, 0.3) is 0 Å². The second-order valence-corrected chi connectivity index (χ2v) is 8.20. The number of carbonyl (C=O) groups excluding carboxylic acids is 1. The zero-order valence-electron chi connectivity index (χ0n) is 13.9. The smallest absolute Gasteiger partial charge is 0.274 e. The molecule has 0 saturated carbocycles. The lowest BCUT2D eigenvalue weighted by Crippen LogP contribution is -2.64. The van der Waals surface area contributed by atoms with Crippen molar-refractivity contribution in [2.75, 3.05) is 19.0 Å². The molecular formula is C15H20N6O3S. The maximum absolute atomic E-state index is 13.0. The average Bonchev–Trinajstić information content (AvgIpc) is 3.04. The molecule has 1 amide bonds. The van der Waals surface area contributed by atoms with Gasteiger partial charge in [-0.2, -0.15) is 0 Å². The second-order valence-electron chi connectivity index (χ2n) is 5.90. The van der Waals surface area contributed by atoms with Crippen LogP contribution in [0.1, 0.15) is 16.1 Å². The van der Waals surface area contributed by atoms with E-state index in [1.807, 2.05) is 30.3 Å². The number of fused-ring (bicyclic) bond motifs is 1. The number of hydrogen-bond donors (Lipinski definition) is 3. The highest BCUT2D eigenvalue weighted by Gasteiger charge is 2.42. The van der Waals surface area contributed by atoms with Gasteiger partial charge in [0.2, 0.25) is 10.0 Å². The average molecular weight is 364 g/mol. The number of amides is 1. The lowest BCUT2D eigenvalue weighted by atomic mass is 10.1. The number of anilines is 1. The molecule has 25 heavy (non-hydrogen) atoms. The summed E-state index contributed by atoms with van der Waals surface area (Å²) < 4.78 is 27.1. The number of carbonyl (C=O) groups is 1. The number of aromatic amines is 1. The van der Waals surface area contributed by atoms with Gasteiger partial charge in [0.1, 0.15) is 5.69 Å². The van der Waals surface area contributed by atoms with E-state index in [-0.39, 0.29) is 17.9 Å². The molecule has 2 heterocycles. The summed E-state index contributed by atoms with van der Waals surface area (Å²) in [6, 6.07) is 9.23. The second kappa shape index (κ2) is 6.47. The molecule has 2 atom stereocenters. The van der Waals surface area contributed by atoms with Gasteiger partial charge in [0.15, 0.2) is 17.5 Å². The van der Waals surface area contributed by atoms with Crippen molar-refractivity contribution >= 4 is 21.7 Å². The highest BCUT2D eigenvalue weighted by Crippen LogP contribution is 2.28. The van der Waals surface area contributed by atoms with Gasteiger partial charge in [-0.15, -0.1) is 0 Å². The van der Waals surface area contributed by atoms with E-state index in [9.17, 15) is 13.2 Å². The van der Waals surface area contributed by atoms with Gasteiger partial charge >= 0.3 is 0 Å². The number of rotatable bonds is 5. The summed E-state index contributed by atoms with van der Waals surface area (Å²) in [7, 11) is -0.804. The number of nitrogens with one attached hydrogen (secondary N) is 2. The topological polar surface area (TPSA) is 124 Å². The van der Waals surface area contributed by atoms with Gasteiger partial charge in [-0.25, -0.2) is 17.7 Å². The molecule has 0 fully saturated rings. The summed E-state index contributed by atoms with van der Waals surface area (Å²) in [5.74, 6) is -0.195. The van der Waals surface area contributed by atoms with Crippen molar-refractivity contribution in [1.29, 1.82) is 0 Å². The third kappa shape index (κ3) is 3.11. The molecule has 4 N–H and O–H groups in total. The Hall–Kier alpha value is -2.43. The van der Waals surface area contributed by atoms with Crippen molar-refractivity contribution in [3.63, 3.8) is 0 Å². The molecule has 1 aromatic carbocycles. The van der Waals surface area contributed by atoms with E-state index in [0.29, 0.717) is 0 Å². The molecule has 134 valence electrons. The number of nitrogens with zero attached hydrogens (tertiary/aromatic N) is 3. The Bertz CT molecular complexity index is 864. The van der Waals surface area contributed by atoms with E-state index in [1.165, 1.54) is 25.3 Å². The molecule has 1 aromatic heterocycles. The van der Waals surface area contributed by atoms with Crippen molar-refractivity contribution in [3.8, 4) is 0 Å². The molecule has 0 aliphatic carbocycles. The monoisotopic (exact) mass is 364 g/mol. The molecule has 2 unspecified atom stereocenters. The molecule has 9 nitrogen and oxygen atoms in total. The first-order chi connectivity index (χ1) is 11.8. The molecule has 0 spiro atoms. The van der Waals surface area contributed by atoms with Crippen LogP contribution in [-0.2, 0) is 16.4 Å². The first-order valence-electron chi connectivity index (χ1n) is 7.66. The van der Waals surface area contributed by atoms with Gasteiger partial charge in [-0.1, -0.05) is 30.3 Å². The van der Waals surface area contributed by atoms with Gasteiger partial charge in [-0.05, 0) is 5.56 Å². The fourth-order valence-electron chi connectivity index (χ4n) is 2.78. The van der Waals surface area contributed by atoms with Crippen LogP contribution in [0.4, 0.5) is 5.82 Å². The van der Waals surface area contributed by atoms with Crippen LogP contribution in [0.15, 0.2) is 36.7 Å². The number of aromatic nitrogens is 2. The minimum Gasteiger partial charge on any atom is -0.339 e. The molecule has 1 aliphatic rings. The normalized spacial score (nSPS) is 18.8. The van der Waals surface area contributed by atoms with Crippen molar-refractivity contribution in [2.45, 2.75) is 18.1 Å². The Kier molecular flexibility index (Phi) is 4.50. The Balaban J connectivity index is 2.09. The number of hydrogen-bond acceptors (Lipinski definition) is 6. The van der Waals surface area contributed by atoms with E-state index in [2.05, 4.69) is 15.3 Å². The van der Waals surface area contributed by atoms with Crippen molar-refractivity contribution < 1.29 is 13.2 Å². The molecule has 1 aliphatic heterocycles. The van der Waals surface area contributed by atoms with Gasteiger partial charge in [0.25, 0.3) is 5.91 Å². The predicted molar refractivity (Wildman–Crippen MR) is 93.0 cm³/mol. The Labute approximate surface area is 145 Å². The lowest BCUT2D eigenvalue weighted by Gasteiger charge is -2.40. The number of imidazole rings is 1. The summed E-state index contributed by atoms with van der Waals surface area (Å²) in [6.07, 6.45) is 0.528. The van der Waals surface area contributed by atoms with Crippen LogP contribution in [0.3, 0.4) is 0 Å². The minimum absolute atomic E-state index is 0.189. The zero-order chi connectivity index (χ0) is 18.2. The number of sulfonamides is 1. The standard InChI is InChI=1S/C15H20N6O3S/c1-20(2)25(23,24)11(8-10-6-4-3-5-7-10)21-13-12(17-9-18-13)14(22)19-15(21)16/h3-7,9,11,15H,8,16H2,1-2H3,(H,17,18)(H,19,22). The van der Waals surface area contributed by atoms with Crippen molar-refractivity contribution in [1.82, 2.24) is 19.6 Å². The highest BCUT2D eigenvalue weighted by molar-refractivity contribution is 7.89. The third-order valence-corrected chi connectivity index (χ3v) is 6.19. The maximum Gasteiger partial charge on any atom is 0.274 e. The molecule has 10 heteroatoms. The highest BCUT2D eigenvalue weighted by atomic mass is 32.2. The van der Waals surface area contributed by atoms with Crippen molar-refractivity contribution in [3.05, 3.63) is 47.9 Å². The summed E-state index contributed by atoms with van der Waals surface area (Å²) >= 11 is 0. The summed E-state index contributed by atoms with van der Waals surface area (Å²) in [4.78, 5) is 20.3.